The van der Waals surface area contributed by atoms with Crippen LogP contribution in [0.4, 0.5) is 15.8 Å². The quantitative estimate of drug-likeness (QED) is 0.878. The average Bonchev–Trinajstić information content (AvgIpc) is 2.89. The summed E-state index contributed by atoms with van der Waals surface area (Å²) in [6.45, 7) is 2.06. The van der Waals surface area contributed by atoms with E-state index in [0.717, 1.165) is 12.1 Å². The summed E-state index contributed by atoms with van der Waals surface area (Å²) in [4.78, 5) is -0.203. The predicted octanol–water partition coefficient (Wildman–Crippen LogP) is 2.47. The minimum Gasteiger partial charge on any atom is -0.279 e. The van der Waals surface area contributed by atoms with Crippen molar-refractivity contribution in [1.82, 2.24) is 0 Å². The van der Waals surface area contributed by atoms with Gasteiger partial charge in [-0.3, -0.25) is 9.03 Å². The Morgan fingerprint density at radius 2 is 1.92 bits per heavy atom. The summed E-state index contributed by atoms with van der Waals surface area (Å²) < 4.78 is 66.0. The van der Waals surface area contributed by atoms with Gasteiger partial charge < -0.3 is 0 Å². The minimum atomic E-state index is -3.99. The number of benzene rings is 2. The van der Waals surface area contributed by atoms with Crippen LogP contribution in [0.5, 0.6) is 0 Å². The fourth-order valence-electron chi connectivity index (χ4n) is 2.64. The molecule has 0 spiro atoms. The molecule has 134 valence electrons. The van der Waals surface area contributed by atoms with Gasteiger partial charge in [0, 0.05) is 6.54 Å². The Morgan fingerprint density at radius 1 is 1.16 bits per heavy atom. The molecule has 0 bridgehead atoms. The molecular weight excluding hydrogens is 367 g/mol. The fourth-order valence-corrected chi connectivity index (χ4v) is 5.35. The van der Waals surface area contributed by atoms with Gasteiger partial charge >= 0.3 is 0 Å². The van der Waals surface area contributed by atoms with Crippen LogP contribution in [-0.4, -0.2) is 29.1 Å². The molecule has 9 heteroatoms. The molecule has 0 atom stereocenters. The molecule has 1 N–H and O–H groups in total. The van der Waals surface area contributed by atoms with Crippen LogP contribution in [0, 0.1) is 12.7 Å². The number of nitrogens with one attached hydrogen (secondary N) is 1. The number of aryl methyl sites for hydroxylation is 1. The van der Waals surface area contributed by atoms with Crippen molar-refractivity contribution in [2.45, 2.75) is 18.2 Å². The Labute approximate surface area is 146 Å². The van der Waals surface area contributed by atoms with Crippen LogP contribution >= 0.6 is 0 Å². The topological polar surface area (TPSA) is 83.6 Å². The van der Waals surface area contributed by atoms with E-state index in [1.54, 1.807) is 19.1 Å². The molecule has 1 heterocycles. The highest BCUT2D eigenvalue weighted by atomic mass is 32.2. The second-order valence-electron chi connectivity index (χ2n) is 5.80. The summed E-state index contributed by atoms with van der Waals surface area (Å²) in [5, 5.41) is 0. The Morgan fingerprint density at radius 3 is 2.56 bits per heavy atom. The molecule has 0 amide bonds. The second kappa shape index (κ2) is 6.30. The van der Waals surface area contributed by atoms with E-state index in [9.17, 15) is 21.2 Å². The number of hydrogen-bond acceptors (Lipinski definition) is 4. The minimum absolute atomic E-state index is 0.0746. The Balaban J connectivity index is 1.96. The van der Waals surface area contributed by atoms with Crippen molar-refractivity contribution < 1.29 is 21.2 Å². The summed E-state index contributed by atoms with van der Waals surface area (Å²) in [7, 11) is -7.35. The standard InChI is InChI=1S/C16H17FN2O4S2/c1-12-6-7-14(19-8-3-9-24(19,20)21)11-16(12)18-25(22,23)15-5-2-4-13(17)10-15/h2,4-7,10-11,18H,3,8-9H2,1H3. The number of sulfonamides is 2. The Kier molecular flexibility index (Phi) is 4.46. The third-order valence-electron chi connectivity index (χ3n) is 3.96. The molecule has 6 nitrogen and oxygen atoms in total. The maximum atomic E-state index is 13.3. The molecule has 0 aliphatic carbocycles. The maximum Gasteiger partial charge on any atom is 0.262 e. The zero-order valence-electron chi connectivity index (χ0n) is 13.4. The highest BCUT2D eigenvalue weighted by Gasteiger charge is 2.29. The summed E-state index contributed by atoms with van der Waals surface area (Å²) >= 11 is 0. The van der Waals surface area contributed by atoms with E-state index in [-0.39, 0.29) is 16.3 Å². The first-order valence-electron chi connectivity index (χ1n) is 7.58. The molecule has 3 rings (SSSR count). The van der Waals surface area contributed by atoms with Gasteiger partial charge in [0.2, 0.25) is 10.0 Å². The summed E-state index contributed by atoms with van der Waals surface area (Å²) in [6.07, 6.45) is 0.528. The molecule has 0 unspecified atom stereocenters. The van der Waals surface area contributed by atoms with Crippen LogP contribution in [0.25, 0.3) is 0 Å². The molecule has 2 aromatic carbocycles. The van der Waals surface area contributed by atoms with Gasteiger partial charge in [0.25, 0.3) is 10.0 Å². The van der Waals surface area contributed by atoms with Crippen molar-refractivity contribution >= 4 is 31.4 Å². The molecule has 1 aliphatic rings. The average molecular weight is 384 g/mol. The van der Waals surface area contributed by atoms with Crippen LogP contribution in [0.15, 0.2) is 47.4 Å². The SMILES string of the molecule is Cc1ccc(N2CCCS2(=O)=O)cc1NS(=O)(=O)c1cccc(F)c1. The molecule has 1 saturated heterocycles. The molecule has 25 heavy (non-hydrogen) atoms. The smallest absolute Gasteiger partial charge is 0.262 e. The van der Waals surface area contributed by atoms with Gasteiger partial charge in [0.15, 0.2) is 0 Å². The van der Waals surface area contributed by atoms with Gasteiger partial charge in [-0.15, -0.1) is 0 Å². The van der Waals surface area contributed by atoms with Crippen molar-refractivity contribution in [3.63, 3.8) is 0 Å². The first-order valence-corrected chi connectivity index (χ1v) is 10.7. The molecule has 0 saturated carbocycles. The van der Waals surface area contributed by atoms with Crippen LogP contribution < -0.4 is 9.03 Å². The predicted molar refractivity (Wildman–Crippen MR) is 94.1 cm³/mol. The van der Waals surface area contributed by atoms with E-state index >= 15 is 0 Å². The Bertz CT molecular complexity index is 1020. The van der Waals surface area contributed by atoms with Crippen LogP contribution in [0.2, 0.25) is 0 Å². The number of anilines is 2. The number of halogens is 1. The Hall–Kier alpha value is -2.13. The van der Waals surface area contributed by atoms with E-state index in [2.05, 4.69) is 4.72 Å². The maximum absolute atomic E-state index is 13.3. The van der Waals surface area contributed by atoms with Crippen molar-refractivity contribution in [2.75, 3.05) is 21.3 Å². The van der Waals surface area contributed by atoms with Crippen LogP contribution in [0.3, 0.4) is 0 Å². The monoisotopic (exact) mass is 384 g/mol. The number of hydrogen-bond donors (Lipinski definition) is 1. The first kappa shape index (κ1) is 17.7. The first-order chi connectivity index (χ1) is 11.7. The summed E-state index contributed by atoms with van der Waals surface area (Å²) in [6, 6.07) is 9.44. The van der Waals surface area contributed by atoms with Gasteiger partial charge in [-0.1, -0.05) is 12.1 Å². The molecule has 1 fully saturated rings. The number of nitrogens with zero attached hydrogens (tertiary/aromatic N) is 1. The zero-order chi connectivity index (χ0) is 18.2. The van der Waals surface area contributed by atoms with Crippen LogP contribution in [0.1, 0.15) is 12.0 Å². The molecular formula is C16H17FN2O4S2. The zero-order valence-corrected chi connectivity index (χ0v) is 15.1. The van der Waals surface area contributed by atoms with Gasteiger partial charge in [-0.25, -0.2) is 21.2 Å². The van der Waals surface area contributed by atoms with E-state index in [4.69, 9.17) is 0 Å². The van der Waals surface area contributed by atoms with Crippen molar-refractivity contribution in [2.24, 2.45) is 0 Å². The van der Waals surface area contributed by atoms with Gasteiger partial charge in [-0.2, -0.15) is 0 Å². The fraction of sp³-hybridized carbons (Fsp3) is 0.250. The largest absolute Gasteiger partial charge is 0.279 e. The van der Waals surface area contributed by atoms with Crippen molar-refractivity contribution in [3.05, 3.63) is 53.8 Å². The second-order valence-corrected chi connectivity index (χ2v) is 9.50. The van der Waals surface area contributed by atoms with Gasteiger partial charge in [0.05, 0.1) is 22.0 Å². The lowest BCUT2D eigenvalue weighted by molar-refractivity contribution is 0.595. The highest BCUT2D eigenvalue weighted by molar-refractivity contribution is 7.93. The summed E-state index contributed by atoms with van der Waals surface area (Å²) in [5.41, 5.74) is 1.28. The highest BCUT2D eigenvalue weighted by Crippen LogP contribution is 2.29. The van der Waals surface area contributed by atoms with E-state index in [0.29, 0.717) is 24.2 Å². The lowest BCUT2D eigenvalue weighted by atomic mass is 10.2. The van der Waals surface area contributed by atoms with E-state index in [1.807, 2.05) is 0 Å². The molecule has 0 radical (unpaired) electrons. The molecule has 0 aromatic heterocycles. The van der Waals surface area contributed by atoms with E-state index < -0.39 is 25.9 Å². The third kappa shape index (κ3) is 3.62. The van der Waals surface area contributed by atoms with Crippen molar-refractivity contribution in [1.29, 1.82) is 0 Å². The number of rotatable bonds is 4. The summed E-state index contributed by atoms with van der Waals surface area (Å²) in [5.74, 6) is -0.581. The van der Waals surface area contributed by atoms with Crippen LogP contribution in [-0.2, 0) is 20.0 Å². The normalized spacial score (nSPS) is 16.8. The van der Waals surface area contributed by atoms with Crippen molar-refractivity contribution in [3.8, 4) is 0 Å². The van der Waals surface area contributed by atoms with E-state index in [1.165, 1.54) is 22.5 Å². The van der Waals surface area contributed by atoms with Gasteiger partial charge in [-0.05, 0) is 49.2 Å². The van der Waals surface area contributed by atoms with Gasteiger partial charge in [0.1, 0.15) is 5.82 Å². The lowest BCUT2D eigenvalue weighted by Gasteiger charge is -2.19. The third-order valence-corrected chi connectivity index (χ3v) is 7.19. The molecule has 1 aliphatic heterocycles. The lowest BCUT2D eigenvalue weighted by Crippen LogP contribution is -2.25. The molecule has 2 aromatic rings.